The first kappa shape index (κ1) is 17.4. The highest BCUT2D eigenvalue weighted by atomic mass is 32.2. The third kappa shape index (κ3) is 2.69. The predicted octanol–water partition coefficient (Wildman–Crippen LogP) is 2.36. The monoisotopic (exact) mass is 380 g/mol. The number of rotatable bonds is 1. The van der Waals surface area contributed by atoms with Gasteiger partial charge in [-0.2, -0.15) is 0 Å². The fourth-order valence-corrected chi connectivity index (χ4v) is 5.38. The molecule has 2 heterocycles. The van der Waals surface area contributed by atoms with Gasteiger partial charge in [0.25, 0.3) is 0 Å². The molecule has 2 aromatic carbocycles. The van der Waals surface area contributed by atoms with Gasteiger partial charge in [-0.05, 0) is 55.8 Å². The molecule has 0 aliphatic carbocycles. The van der Waals surface area contributed by atoms with E-state index in [0.29, 0.717) is 24.3 Å². The lowest BCUT2D eigenvalue weighted by Gasteiger charge is -2.40. The van der Waals surface area contributed by atoms with E-state index in [4.69, 9.17) is 0 Å². The van der Waals surface area contributed by atoms with E-state index in [1.54, 1.807) is 4.90 Å². The molecule has 138 valence electrons. The fraction of sp³-hybridized carbons (Fsp3) is 0.333. The van der Waals surface area contributed by atoms with Crippen LogP contribution in [0.2, 0.25) is 0 Å². The Morgan fingerprint density at radius 1 is 1.04 bits per heavy atom. The summed E-state index contributed by atoms with van der Waals surface area (Å²) in [4.78, 5) is 1.29. The number of anilines is 2. The van der Waals surface area contributed by atoms with Crippen molar-refractivity contribution in [1.29, 1.82) is 0 Å². The summed E-state index contributed by atoms with van der Waals surface area (Å²) in [6.07, 6.45) is 0.647. The Labute approximate surface area is 150 Å². The number of benzene rings is 2. The van der Waals surface area contributed by atoms with Gasteiger partial charge < -0.3 is 15.3 Å². The molecule has 2 N–H and O–H groups in total. The van der Waals surface area contributed by atoms with E-state index >= 15 is 0 Å². The zero-order valence-electron chi connectivity index (χ0n) is 13.8. The molecule has 0 bridgehead atoms. The number of nitrogens with zero attached hydrogens (tertiary/aromatic N) is 1. The van der Waals surface area contributed by atoms with Crippen LogP contribution in [0.4, 0.5) is 20.2 Å². The van der Waals surface area contributed by atoms with Crippen LogP contribution >= 0.6 is 0 Å². The number of hydrogen-bond acceptors (Lipinski definition) is 5. The van der Waals surface area contributed by atoms with Crippen molar-refractivity contribution in [3.05, 3.63) is 48.0 Å². The van der Waals surface area contributed by atoms with E-state index in [1.807, 2.05) is 0 Å². The summed E-state index contributed by atoms with van der Waals surface area (Å²) in [6, 6.07) is 6.68. The van der Waals surface area contributed by atoms with E-state index in [1.165, 1.54) is 24.3 Å². The molecule has 4 rings (SSSR count). The van der Waals surface area contributed by atoms with Crippen molar-refractivity contribution >= 4 is 21.2 Å². The van der Waals surface area contributed by atoms with Crippen molar-refractivity contribution in [2.24, 2.45) is 0 Å². The van der Waals surface area contributed by atoms with E-state index in [-0.39, 0.29) is 9.79 Å². The Morgan fingerprint density at radius 2 is 1.62 bits per heavy atom. The van der Waals surface area contributed by atoms with E-state index < -0.39 is 33.6 Å². The maximum atomic E-state index is 13.8. The number of sulfone groups is 1. The van der Waals surface area contributed by atoms with Gasteiger partial charge in [-0.15, -0.1) is 0 Å². The summed E-state index contributed by atoms with van der Waals surface area (Å²) in [5, 5.41) is 13.7. The first-order valence-corrected chi connectivity index (χ1v) is 9.90. The summed E-state index contributed by atoms with van der Waals surface area (Å²) >= 11 is 0. The van der Waals surface area contributed by atoms with E-state index in [0.717, 1.165) is 25.1 Å². The van der Waals surface area contributed by atoms with E-state index in [2.05, 4.69) is 5.32 Å². The highest BCUT2D eigenvalue weighted by Crippen LogP contribution is 2.46. The van der Waals surface area contributed by atoms with Gasteiger partial charge in [0.05, 0.1) is 33.3 Å². The first-order valence-electron chi connectivity index (χ1n) is 8.42. The molecule has 2 aliphatic rings. The Balaban J connectivity index is 1.98. The minimum Gasteiger partial charge on any atom is -0.390 e. The number of aliphatic hydroxyl groups is 1. The largest absolute Gasteiger partial charge is 0.390 e. The molecule has 0 unspecified atom stereocenters. The van der Waals surface area contributed by atoms with Gasteiger partial charge >= 0.3 is 0 Å². The van der Waals surface area contributed by atoms with Crippen LogP contribution in [0.15, 0.2) is 46.2 Å². The predicted molar refractivity (Wildman–Crippen MR) is 92.3 cm³/mol. The van der Waals surface area contributed by atoms with Gasteiger partial charge in [-0.1, -0.05) is 0 Å². The number of fused-ring (bicyclic) bond motifs is 2. The van der Waals surface area contributed by atoms with Crippen LogP contribution in [0.25, 0.3) is 0 Å². The summed E-state index contributed by atoms with van der Waals surface area (Å²) in [5.74, 6) is -1.37. The lowest BCUT2D eigenvalue weighted by atomic mass is 10.0. The Bertz CT molecular complexity index is 905. The topological polar surface area (TPSA) is 69.6 Å². The van der Waals surface area contributed by atoms with Crippen LogP contribution < -0.4 is 10.2 Å². The SMILES string of the molecule is O=S1(=O)c2cc(F)ccc2N([C@H]2CCCNC[C@@H]2O)c2ccc(F)cc21. The van der Waals surface area contributed by atoms with Crippen LogP contribution in [0.1, 0.15) is 12.8 Å². The van der Waals surface area contributed by atoms with Gasteiger partial charge in [0.15, 0.2) is 0 Å². The molecule has 2 aromatic rings. The summed E-state index contributed by atoms with van der Waals surface area (Å²) in [7, 11) is -4.06. The minimum atomic E-state index is -4.06. The average Bonchev–Trinajstić information content (AvgIpc) is 2.81. The Morgan fingerprint density at radius 3 is 2.19 bits per heavy atom. The van der Waals surface area contributed by atoms with Gasteiger partial charge in [0, 0.05) is 6.54 Å². The van der Waals surface area contributed by atoms with Crippen molar-refractivity contribution in [3.63, 3.8) is 0 Å². The number of hydrogen-bond donors (Lipinski definition) is 2. The molecule has 1 fully saturated rings. The number of nitrogens with one attached hydrogen (secondary N) is 1. The quantitative estimate of drug-likeness (QED) is 0.795. The highest BCUT2D eigenvalue weighted by molar-refractivity contribution is 7.92. The van der Waals surface area contributed by atoms with Crippen molar-refractivity contribution in [2.75, 3.05) is 18.0 Å². The first-order chi connectivity index (χ1) is 12.4. The lowest BCUT2D eigenvalue weighted by molar-refractivity contribution is 0.147. The van der Waals surface area contributed by atoms with Crippen molar-refractivity contribution in [1.82, 2.24) is 5.32 Å². The normalized spacial score (nSPS) is 24.5. The van der Waals surface area contributed by atoms with E-state index in [9.17, 15) is 22.3 Å². The number of aliphatic hydroxyl groups excluding tert-OH is 1. The van der Waals surface area contributed by atoms with Crippen LogP contribution in [0.5, 0.6) is 0 Å². The number of β-amino-alcohol motifs (C(OH)–C–C–N with tert-alkyl or cyclic N) is 1. The molecule has 0 spiro atoms. The average molecular weight is 380 g/mol. The second-order valence-corrected chi connectivity index (χ2v) is 8.47. The molecule has 5 nitrogen and oxygen atoms in total. The number of halogens is 2. The van der Waals surface area contributed by atoms with Crippen molar-refractivity contribution < 1.29 is 22.3 Å². The molecule has 0 aromatic heterocycles. The zero-order chi connectivity index (χ0) is 18.5. The van der Waals surface area contributed by atoms with Crippen LogP contribution in [0, 0.1) is 11.6 Å². The summed E-state index contributed by atoms with van der Waals surface area (Å²) in [6.45, 7) is 1.10. The molecular weight excluding hydrogens is 362 g/mol. The smallest absolute Gasteiger partial charge is 0.210 e. The van der Waals surface area contributed by atoms with Gasteiger partial charge in [-0.25, -0.2) is 17.2 Å². The molecule has 26 heavy (non-hydrogen) atoms. The molecule has 0 amide bonds. The van der Waals surface area contributed by atoms with Crippen molar-refractivity contribution in [2.45, 2.75) is 34.8 Å². The molecule has 8 heteroatoms. The highest BCUT2D eigenvalue weighted by Gasteiger charge is 2.40. The van der Waals surface area contributed by atoms with Crippen molar-refractivity contribution in [3.8, 4) is 0 Å². The third-order valence-electron chi connectivity index (χ3n) is 4.92. The molecule has 2 atom stereocenters. The third-order valence-corrected chi connectivity index (χ3v) is 6.74. The standard InChI is InChI=1S/C18H18F2N2O3S/c19-11-3-5-14-17(8-11)26(24,25)18-9-12(20)4-6-15(18)22(14)13-2-1-7-21-10-16(13)23/h3-6,8-9,13,16,21,23H,1-2,7,10H2/t13-,16-/m0/s1. The van der Waals surface area contributed by atoms with Gasteiger partial charge in [-0.3, -0.25) is 0 Å². The summed E-state index contributed by atoms with van der Waals surface area (Å²) in [5.41, 5.74) is 0.605. The maximum Gasteiger partial charge on any atom is 0.210 e. The molecule has 2 aliphatic heterocycles. The zero-order valence-corrected chi connectivity index (χ0v) is 14.6. The minimum absolute atomic E-state index is 0.208. The fourth-order valence-electron chi connectivity index (χ4n) is 3.73. The summed E-state index contributed by atoms with van der Waals surface area (Å²) < 4.78 is 53.5. The Hall–Kier alpha value is -2.03. The second kappa shape index (κ2) is 6.29. The maximum absolute atomic E-state index is 13.8. The molecule has 0 saturated carbocycles. The lowest BCUT2D eigenvalue weighted by Crippen LogP contribution is -2.45. The molecule has 1 saturated heterocycles. The Kier molecular flexibility index (Phi) is 4.21. The second-order valence-electron chi connectivity index (χ2n) is 6.58. The molecular formula is C18H18F2N2O3S. The van der Waals surface area contributed by atoms with Crippen LogP contribution in [0.3, 0.4) is 0 Å². The molecule has 0 radical (unpaired) electrons. The van der Waals surface area contributed by atoms with Gasteiger partial charge in [0.1, 0.15) is 11.6 Å². The van der Waals surface area contributed by atoms with Crippen LogP contribution in [-0.2, 0) is 9.84 Å². The van der Waals surface area contributed by atoms with Gasteiger partial charge in [0.2, 0.25) is 9.84 Å². The van der Waals surface area contributed by atoms with Crippen LogP contribution in [-0.4, -0.2) is 38.8 Å².